The average Bonchev–Trinajstić information content (AvgIpc) is 2.39. The molecule has 0 amide bonds. The molecular formula is C15H15Br2NO. The van der Waals surface area contributed by atoms with Gasteiger partial charge in [-0.25, -0.2) is 0 Å². The van der Waals surface area contributed by atoms with Gasteiger partial charge >= 0.3 is 0 Å². The largest absolute Gasteiger partial charge is 1.00 e. The van der Waals surface area contributed by atoms with Crippen molar-refractivity contribution in [3.63, 3.8) is 0 Å². The molecule has 1 aromatic carbocycles. The van der Waals surface area contributed by atoms with E-state index in [1.165, 1.54) is 5.56 Å². The first-order valence-corrected chi connectivity index (χ1v) is 6.75. The Morgan fingerprint density at radius 1 is 1.21 bits per heavy atom. The quantitative estimate of drug-likeness (QED) is 0.544. The number of carbonyl (C=O) groups is 1. The Labute approximate surface area is 132 Å². The molecule has 0 unspecified atom stereocenters. The number of nitrogens with zero attached hydrogens (tertiary/aromatic N) is 1. The van der Waals surface area contributed by atoms with Gasteiger partial charge in [0.15, 0.2) is 12.4 Å². The molecule has 2 rings (SSSR count). The van der Waals surface area contributed by atoms with Crippen LogP contribution in [-0.2, 0) is 13.0 Å². The Morgan fingerprint density at radius 3 is 2.53 bits per heavy atom. The highest BCUT2D eigenvalue weighted by atomic mass is 79.9. The van der Waals surface area contributed by atoms with E-state index in [0.717, 1.165) is 16.5 Å². The third kappa shape index (κ3) is 4.55. The Kier molecular flexibility index (Phi) is 6.38. The van der Waals surface area contributed by atoms with Gasteiger partial charge in [-0.2, -0.15) is 4.57 Å². The van der Waals surface area contributed by atoms with Crippen LogP contribution in [0.1, 0.15) is 22.8 Å². The van der Waals surface area contributed by atoms with Crippen LogP contribution in [0.25, 0.3) is 0 Å². The third-order valence-electron chi connectivity index (χ3n) is 2.82. The molecule has 0 aliphatic heterocycles. The molecule has 0 atom stereocenters. The van der Waals surface area contributed by atoms with Crippen molar-refractivity contribution in [2.75, 3.05) is 0 Å². The van der Waals surface area contributed by atoms with Gasteiger partial charge in [0.05, 0.1) is 0 Å². The van der Waals surface area contributed by atoms with Crippen LogP contribution in [0.5, 0.6) is 0 Å². The van der Waals surface area contributed by atoms with Crippen LogP contribution < -0.4 is 21.5 Å². The fraction of sp³-hybridized carbons (Fsp3) is 0.200. The summed E-state index contributed by atoms with van der Waals surface area (Å²) in [6.45, 7) is 2.49. The molecule has 0 spiro atoms. The zero-order valence-corrected chi connectivity index (χ0v) is 13.8. The molecule has 0 radical (unpaired) electrons. The van der Waals surface area contributed by atoms with Crippen molar-refractivity contribution < 1.29 is 26.3 Å². The number of halogens is 2. The lowest BCUT2D eigenvalue weighted by molar-refractivity contribution is -0.683. The summed E-state index contributed by atoms with van der Waals surface area (Å²) < 4.78 is 2.92. The Balaban J connectivity index is 0.00000180. The van der Waals surface area contributed by atoms with E-state index in [2.05, 4.69) is 28.9 Å². The molecule has 1 aromatic heterocycles. The molecule has 0 aliphatic carbocycles. The van der Waals surface area contributed by atoms with E-state index >= 15 is 0 Å². The minimum absolute atomic E-state index is 0. The van der Waals surface area contributed by atoms with Gasteiger partial charge in [-0.15, -0.1) is 0 Å². The smallest absolute Gasteiger partial charge is 0.227 e. The van der Waals surface area contributed by atoms with Crippen molar-refractivity contribution in [3.05, 3.63) is 64.4 Å². The van der Waals surface area contributed by atoms with Crippen molar-refractivity contribution in [3.8, 4) is 0 Å². The van der Waals surface area contributed by atoms with E-state index in [9.17, 15) is 4.79 Å². The maximum absolute atomic E-state index is 12.1. The van der Waals surface area contributed by atoms with E-state index in [0.29, 0.717) is 6.54 Å². The number of carbonyl (C=O) groups excluding carboxylic acids is 1. The number of benzene rings is 1. The molecule has 0 saturated carbocycles. The van der Waals surface area contributed by atoms with Crippen molar-refractivity contribution in [2.45, 2.75) is 19.9 Å². The maximum atomic E-state index is 12.1. The highest BCUT2D eigenvalue weighted by Gasteiger charge is 2.12. The van der Waals surface area contributed by atoms with E-state index in [1.54, 1.807) is 0 Å². The Bertz CT molecular complexity index is 552. The van der Waals surface area contributed by atoms with Crippen molar-refractivity contribution in [2.24, 2.45) is 0 Å². The SMILES string of the molecule is CCc1ccc[n+](CC(=O)c2ccc(Br)cc2)c1.[Br-]. The molecule has 0 saturated heterocycles. The fourth-order valence-electron chi connectivity index (χ4n) is 1.78. The molecule has 4 heteroatoms. The summed E-state index contributed by atoms with van der Waals surface area (Å²) in [5.41, 5.74) is 1.98. The molecule has 19 heavy (non-hydrogen) atoms. The number of pyridine rings is 1. The third-order valence-corrected chi connectivity index (χ3v) is 3.35. The van der Waals surface area contributed by atoms with Crippen molar-refractivity contribution >= 4 is 21.7 Å². The monoisotopic (exact) mass is 383 g/mol. The molecule has 0 N–H and O–H groups in total. The van der Waals surface area contributed by atoms with Gasteiger partial charge in [0.1, 0.15) is 0 Å². The second-order valence-electron chi connectivity index (χ2n) is 4.17. The van der Waals surface area contributed by atoms with Crippen LogP contribution in [0.4, 0.5) is 0 Å². The van der Waals surface area contributed by atoms with E-state index in [4.69, 9.17) is 0 Å². The molecular weight excluding hydrogens is 370 g/mol. The number of ketones is 1. The average molecular weight is 385 g/mol. The Hall–Kier alpha value is -1.000. The number of hydrogen-bond acceptors (Lipinski definition) is 1. The zero-order chi connectivity index (χ0) is 13.0. The lowest BCUT2D eigenvalue weighted by atomic mass is 10.1. The second-order valence-corrected chi connectivity index (χ2v) is 5.08. The second kappa shape index (κ2) is 7.56. The van der Waals surface area contributed by atoms with Crippen LogP contribution in [0, 0.1) is 0 Å². The highest BCUT2D eigenvalue weighted by molar-refractivity contribution is 9.10. The van der Waals surface area contributed by atoms with E-state index < -0.39 is 0 Å². The van der Waals surface area contributed by atoms with Gasteiger partial charge in [0, 0.05) is 21.7 Å². The van der Waals surface area contributed by atoms with Crippen LogP contribution >= 0.6 is 15.9 Å². The summed E-state index contributed by atoms with van der Waals surface area (Å²) in [4.78, 5) is 12.1. The van der Waals surface area contributed by atoms with E-state index in [1.807, 2.05) is 47.3 Å². The summed E-state index contributed by atoms with van der Waals surface area (Å²) in [6.07, 6.45) is 4.93. The van der Waals surface area contributed by atoms with Crippen molar-refractivity contribution in [1.29, 1.82) is 0 Å². The molecule has 100 valence electrons. The van der Waals surface area contributed by atoms with Crippen LogP contribution in [-0.4, -0.2) is 5.78 Å². The molecule has 0 fully saturated rings. The lowest BCUT2D eigenvalue weighted by Crippen LogP contribution is -3.00. The predicted octanol–water partition coefficient (Wildman–Crippen LogP) is 0.186. The first kappa shape index (κ1) is 16.1. The summed E-state index contributed by atoms with van der Waals surface area (Å²) >= 11 is 3.36. The number of aryl methyl sites for hydroxylation is 1. The summed E-state index contributed by atoms with van der Waals surface area (Å²) in [7, 11) is 0. The van der Waals surface area contributed by atoms with Gasteiger partial charge in [-0.1, -0.05) is 35.0 Å². The van der Waals surface area contributed by atoms with E-state index in [-0.39, 0.29) is 22.8 Å². The van der Waals surface area contributed by atoms with Crippen LogP contribution in [0.3, 0.4) is 0 Å². The molecule has 2 nitrogen and oxygen atoms in total. The lowest BCUT2D eigenvalue weighted by Gasteiger charge is -2.00. The van der Waals surface area contributed by atoms with Crippen molar-refractivity contribution in [1.82, 2.24) is 0 Å². The number of Topliss-reactive ketones (excluding diaryl/α,β-unsaturated/α-hetero) is 1. The van der Waals surface area contributed by atoms with Gasteiger partial charge in [-0.05, 0) is 24.6 Å². The summed E-state index contributed by atoms with van der Waals surface area (Å²) in [5, 5.41) is 0. The minimum atomic E-state index is 0. The minimum Gasteiger partial charge on any atom is -1.00 e. The standard InChI is InChI=1S/C15H15BrNO.BrH/c1-2-12-4-3-9-17(10-12)11-15(18)13-5-7-14(16)8-6-13;/h3-10H,2,11H2,1H3;1H/q+1;/p-1. The predicted molar refractivity (Wildman–Crippen MR) is 74.5 cm³/mol. The normalized spacial score (nSPS) is 9.79. The maximum Gasteiger partial charge on any atom is 0.227 e. The molecule has 1 heterocycles. The molecule has 2 aromatic rings. The first-order valence-electron chi connectivity index (χ1n) is 5.96. The Morgan fingerprint density at radius 2 is 1.89 bits per heavy atom. The van der Waals surface area contributed by atoms with Gasteiger partial charge in [0.2, 0.25) is 12.3 Å². The van der Waals surface area contributed by atoms with Gasteiger partial charge < -0.3 is 17.0 Å². The summed E-state index contributed by atoms with van der Waals surface area (Å²) in [5.74, 6) is 0.126. The highest BCUT2D eigenvalue weighted by Crippen LogP contribution is 2.10. The van der Waals surface area contributed by atoms with Crippen LogP contribution in [0.15, 0.2) is 53.3 Å². The fourth-order valence-corrected chi connectivity index (χ4v) is 2.04. The van der Waals surface area contributed by atoms with Gasteiger partial charge in [0.25, 0.3) is 0 Å². The number of rotatable bonds is 4. The first-order chi connectivity index (χ1) is 8.69. The van der Waals surface area contributed by atoms with Gasteiger partial charge in [-0.3, -0.25) is 4.79 Å². The number of hydrogen-bond donors (Lipinski definition) is 0. The number of aromatic nitrogens is 1. The topological polar surface area (TPSA) is 20.9 Å². The zero-order valence-electron chi connectivity index (χ0n) is 10.6. The molecule has 0 bridgehead atoms. The van der Waals surface area contributed by atoms with Crippen LogP contribution in [0.2, 0.25) is 0 Å². The summed E-state index contributed by atoms with van der Waals surface area (Å²) in [6, 6.07) is 11.5. The molecule has 0 aliphatic rings.